The number of carboxylic acids is 1. The van der Waals surface area contributed by atoms with Crippen molar-refractivity contribution in [3.8, 4) is 17.2 Å². The van der Waals surface area contributed by atoms with Crippen LogP contribution in [-0.4, -0.2) is 111 Å². The molecule has 2 saturated heterocycles. The highest BCUT2D eigenvalue weighted by molar-refractivity contribution is 5.95. The van der Waals surface area contributed by atoms with Gasteiger partial charge in [-0.1, -0.05) is 25.5 Å². The standard InChI is InChI=1S/C36H50N4O7/c1-6-7-17-39(27-12-8-11-25(18-27)23-40(2,3)4)33(42)22-38-21-28(26-19-30(45-5)35-31(20-26)46-24-47-35)34(36(43)44)29(38)13-9-15-37-16-10-14-32(37)41/h8,11-12,18-20,28-29,34H,6-7,9-10,13-17,21-24H2,1-5H3/p+1. The van der Waals surface area contributed by atoms with Crippen LogP contribution in [0, 0.1) is 5.92 Å². The third-order valence-corrected chi connectivity index (χ3v) is 9.50. The van der Waals surface area contributed by atoms with Gasteiger partial charge in [-0.15, -0.1) is 0 Å². The van der Waals surface area contributed by atoms with Gasteiger partial charge in [0.1, 0.15) is 6.54 Å². The Kier molecular flexibility index (Phi) is 11.0. The molecule has 2 amide bonds. The number of fused-ring (bicyclic) bond motifs is 1. The average Bonchev–Trinajstić information content (AvgIpc) is 3.75. The number of nitrogens with zero attached hydrogens (tertiary/aromatic N) is 4. The molecule has 0 radical (unpaired) electrons. The van der Waals surface area contributed by atoms with Crippen molar-refractivity contribution in [1.29, 1.82) is 0 Å². The van der Waals surface area contributed by atoms with E-state index in [-0.39, 0.29) is 25.2 Å². The molecule has 11 nitrogen and oxygen atoms in total. The summed E-state index contributed by atoms with van der Waals surface area (Å²) in [6, 6.07) is 11.5. The molecule has 0 aliphatic carbocycles. The highest BCUT2D eigenvalue weighted by Crippen LogP contribution is 2.47. The summed E-state index contributed by atoms with van der Waals surface area (Å²) >= 11 is 0. The molecule has 0 spiro atoms. The van der Waals surface area contributed by atoms with Crippen molar-refractivity contribution in [2.24, 2.45) is 5.92 Å². The first-order chi connectivity index (χ1) is 22.5. The van der Waals surface area contributed by atoms with Crippen LogP contribution in [-0.2, 0) is 20.9 Å². The number of carbonyl (C=O) groups is 3. The van der Waals surface area contributed by atoms with Crippen molar-refractivity contribution in [3.63, 3.8) is 0 Å². The number of anilines is 1. The van der Waals surface area contributed by atoms with Gasteiger partial charge < -0.3 is 33.6 Å². The number of unbranched alkanes of at least 4 members (excludes halogenated alkanes) is 1. The summed E-state index contributed by atoms with van der Waals surface area (Å²) in [5.74, 6) is -0.424. The van der Waals surface area contributed by atoms with Crippen molar-refractivity contribution in [1.82, 2.24) is 9.80 Å². The Bertz CT molecular complexity index is 1440. The predicted molar refractivity (Wildman–Crippen MR) is 179 cm³/mol. The summed E-state index contributed by atoms with van der Waals surface area (Å²) < 4.78 is 17.6. The molecule has 3 unspecified atom stereocenters. The van der Waals surface area contributed by atoms with Crippen molar-refractivity contribution in [3.05, 3.63) is 47.5 Å². The van der Waals surface area contributed by atoms with Gasteiger partial charge in [-0.3, -0.25) is 19.3 Å². The minimum absolute atomic E-state index is 0.0476. The quantitative estimate of drug-likeness (QED) is 0.284. The van der Waals surface area contributed by atoms with Gasteiger partial charge >= 0.3 is 5.97 Å². The largest absolute Gasteiger partial charge is 0.493 e. The van der Waals surface area contributed by atoms with Crippen molar-refractivity contribution in [2.75, 3.05) is 72.7 Å². The van der Waals surface area contributed by atoms with Crippen LogP contribution in [0.4, 0.5) is 5.69 Å². The molecule has 3 atom stereocenters. The number of quaternary nitrogens is 1. The van der Waals surface area contributed by atoms with Crippen LogP contribution < -0.4 is 19.1 Å². The fourth-order valence-electron chi connectivity index (χ4n) is 7.33. The lowest BCUT2D eigenvalue weighted by molar-refractivity contribution is -0.884. The van der Waals surface area contributed by atoms with Gasteiger partial charge in [0.15, 0.2) is 11.5 Å². The summed E-state index contributed by atoms with van der Waals surface area (Å²) in [6.45, 7) is 5.42. The Labute approximate surface area is 278 Å². The molecule has 2 aromatic rings. The molecule has 0 bridgehead atoms. The van der Waals surface area contributed by atoms with Gasteiger partial charge in [-0.2, -0.15) is 0 Å². The summed E-state index contributed by atoms with van der Waals surface area (Å²) in [4.78, 5) is 45.4. The SMILES string of the molecule is CCCCN(C(=O)CN1CC(c2cc(OC)c3c(c2)OCO3)C(C(=O)O)C1CCCN1CCCC1=O)c1cccc(C[N+](C)(C)C)c1. The van der Waals surface area contributed by atoms with Crippen LogP contribution in [0.15, 0.2) is 36.4 Å². The van der Waals surface area contributed by atoms with Gasteiger partial charge in [0.05, 0.1) is 40.7 Å². The third kappa shape index (κ3) is 8.19. The van der Waals surface area contributed by atoms with Gasteiger partial charge in [0.25, 0.3) is 0 Å². The Morgan fingerprint density at radius 3 is 2.62 bits per heavy atom. The molecule has 1 N–H and O–H groups in total. The van der Waals surface area contributed by atoms with E-state index >= 15 is 0 Å². The van der Waals surface area contributed by atoms with Gasteiger partial charge in [-0.05, 0) is 55.5 Å². The van der Waals surface area contributed by atoms with E-state index < -0.39 is 23.8 Å². The molecule has 3 aliphatic rings. The normalized spacial score (nSPS) is 21.0. The van der Waals surface area contributed by atoms with Crippen LogP contribution in [0.1, 0.15) is 62.5 Å². The molecule has 3 heterocycles. The van der Waals surface area contributed by atoms with E-state index in [9.17, 15) is 19.5 Å². The number of methoxy groups -OCH3 is 1. The van der Waals surface area contributed by atoms with Crippen LogP contribution in [0.5, 0.6) is 17.2 Å². The maximum atomic E-state index is 14.3. The molecule has 11 heteroatoms. The Morgan fingerprint density at radius 1 is 1.13 bits per heavy atom. The Hall–Kier alpha value is -3.83. The van der Waals surface area contributed by atoms with E-state index in [0.717, 1.165) is 53.6 Å². The number of carbonyl (C=O) groups excluding carboxylic acids is 2. The van der Waals surface area contributed by atoms with E-state index in [1.54, 1.807) is 7.11 Å². The fourth-order valence-corrected chi connectivity index (χ4v) is 7.33. The van der Waals surface area contributed by atoms with Gasteiger partial charge in [0.2, 0.25) is 24.4 Å². The Balaban J connectivity index is 1.44. The lowest BCUT2D eigenvalue weighted by atomic mass is 9.83. The molecule has 0 aromatic heterocycles. The predicted octanol–water partition coefficient (Wildman–Crippen LogP) is 4.33. The zero-order valence-electron chi connectivity index (χ0n) is 28.6. The number of aliphatic carboxylic acids is 1. The second-order valence-corrected chi connectivity index (χ2v) is 14.1. The second kappa shape index (κ2) is 14.9. The molecular formula is C36H51N4O7+. The molecule has 3 aliphatic heterocycles. The van der Waals surface area contributed by atoms with Crippen LogP contribution in [0.3, 0.4) is 0 Å². The lowest BCUT2D eigenvalue weighted by Crippen LogP contribution is -2.45. The van der Waals surface area contributed by atoms with Gasteiger partial charge in [-0.25, -0.2) is 0 Å². The molecule has 256 valence electrons. The fraction of sp³-hybridized carbons (Fsp3) is 0.583. The number of likely N-dealkylation sites (tertiary alicyclic amines) is 2. The molecule has 5 rings (SSSR count). The van der Waals surface area contributed by atoms with Crippen molar-refractivity contribution in [2.45, 2.75) is 64.0 Å². The maximum absolute atomic E-state index is 14.3. The number of rotatable bonds is 15. The maximum Gasteiger partial charge on any atom is 0.308 e. The summed E-state index contributed by atoms with van der Waals surface area (Å²) in [7, 11) is 7.98. The minimum Gasteiger partial charge on any atom is -0.493 e. The molecule has 47 heavy (non-hydrogen) atoms. The van der Waals surface area contributed by atoms with Crippen LogP contribution >= 0.6 is 0 Å². The molecule has 2 fully saturated rings. The highest BCUT2D eigenvalue weighted by atomic mass is 16.7. The number of amides is 2. The lowest BCUT2D eigenvalue weighted by Gasteiger charge is -2.30. The first-order valence-electron chi connectivity index (χ1n) is 16.9. The number of ether oxygens (including phenoxy) is 3. The molecule has 0 saturated carbocycles. The first kappa shape index (κ1) is 34.5. The zero-order chi connectivity index (χ0) is 33.7. The summed E-state index contributed by atoms with van der Waals surface area (Å²) in [6.07, 6.45) is 4.45. The average molecular weight is 652 g/mol. The Morgan fingerprint density at radius 2 is 1.94 bits per heavy atom. The van der Waals surface area contributed by atoms with E-state index in [0.29, 0.717) is 56.1 Å². The number of benzene rings is 2. The van der Waals surface area contributed by atoms with E-state index in [1.165, 1.54) is 0 Å². The van der Waals surface area contributed by atoms with Crippen LogP contribution in [0.25, 0.3) is 0 Å². The topological polar surface area (TPSA) is 109 Å². The second-order valence-electron chi connectivity index (χ2n) is 14.1. The number of hydrogen-bond donors (Lipinski definition) is 1. The van der Waals surface area contributed by atoms with E-state index in [2.05, 4.69) is 45.1 Å². The van der Waals surface area contributed by atoms with Crippen molar-refractivity contribution >= 4 is 23.5 Å². The first-order valence-corrected chi connectivity index (χ1v) is 16.9. The third-order valence-electron chi connectivity index (χ3n) is 9.50. The minimum atomic E-state index is -0.903. The van der Waals surface area contributed by atoms with E-state index in [1.807, 2.05) is 34.1 Å². The molecule has 2 aromatic carbocycles. The van der Waals surface area contributed by atoms with Crippen molar-refractivity contribution < 1.29 is 38.2 Å². The number of hydrogen-bond acceptors (Lipinski definition) is 7. The smallest absolute Gasteiger partial charge is 0.308 e. The number of carboxylic acid groups (broad SMARTS) is 1. The summed E-state index contributed by atoms with van der Waals surface area (Å²) in [5.41, 5.74) is 2.80. The highest BCUT2D eigenvalue weighted by Gasteiger charge is 2.47. The van der Waals surface area contributed by atoms with Gasteiger partial charge in [0, 0.05) is 55.8 Å². The molecular weight excluding hydrogens is 600 g/mol. The van der Waals surface area contributed by atoms with Crippen LogP contribution in [0.2, 0.25) is 0 Å². The summed E-state index contributed by atoms with van der Waals surface area (Å²) in [5, 5.41) is 10.7. The zero-order valence-corrected chi connectivity index (χ0v) is 28.6. The van der Waals surface area contributed by atoms with E-state index in [4.69, 9.17) is 14.2 Å². The monoisotopic (exact) mass is 651 g/mol.